The molecule has 17 heavy (non-hydrogen) atoms. The number of aromatic nitrogens is 1. The molecule has 0 bridgehead atoms. The third-order valence-electron chi connectivity index (χ3n) is 2.67. The Morgan fingerprint density at radius 3 is 3.24 bits per heavy atom. The van der Waals surface area contributed by atoms with E-state index in [1.807, 2.05) is 0 Å². The van der Waals surface area contributed by atoms with Gasteiger partial charge in [0.15, 0.2) is 5.15 Å². The van der Waals surface area contributed by atoms with Crippen LogP contribution in [0.3, 0.4) is 0 Å². The lowest BCUT2D eigenvalue weighted by Gasteiger charge is -2.11. The van der Waals surface area contributed by atoms with Gasteiger partial charge in [-0.25, -0.2) is 4.98 Å². The molecule has 0 spiro atoms. The van der Waals surface area contributed by atoms with Crippen LogP contribution >= 0.6 is 27.5 Å². The van der Waals surface area contributed by atoms with Crippen LogP contribution in [-0.2, 0) is 4.79 Å². The van der Waals surface area contributed by atoms with Crippen LogP contribution in [0.5, 0.6) is 0 Å². The molecule has 1 aliphatic rings. The van der Waals surface area contributed by atoms with Crippen molar-refractivity contribution in [2.75, 3.05) is 11.9 Å². The Kier molecular flexibility index (Phi) is 4.36. The van der Waals surface area contributed by atoms with Gasteiger partial charge in [-0.3, -0.25) is 4.79 Å². The fourth-order valence-electron chi connectivity index (χ4n) is 1.87. The van der Waals surface area contributed by atoms with Crippen LogP contribution in [0.2, 0.25) is 5.15 Å². The first-order valence-electron chi connectivity index (χ1n) is 5.49. The standard InChI is InChI=1S/C11H13BrClN3O/c12-7-4-9(11(13)15-6-7)16-10(17)5-8-2-1-3-14-8/h4,6,8,14H,1-3,5H2,(H,16,17). The molecule has 1 amide bonds. The molecule has 92 valence electrons. The Morgan fingerprint density at radius 1 is 1.71 bits per heavy atom. The predicted molar refractivity (Wildman–Crippen MR) is 71.2 cm³/mol. The molecule has 1 unspecified atom stereocenters. The number of hydrogen-bond acceptors (Lipinski definition) is 3. The topological polar surface area (TPSA) is 54.0 Å². The summed E-state index contributed by atoms with van der Waals surface area (Å²) in [6.07, 6.45) is 4.26. The van der Waals surface area contributed by atoms with Gasteiger partial charge in [-0.15, -0.1) is 0 Å². The number of nitrogens with zero attached hydrogens (tertiary/aromatic N) is 1. The highest BCUT2D eigenvalue weighted by Gasteiger charge is 2.18. The van der Waals surface area contributed by atoms with E-state index in [4.69, 9.17) is 11.6 Å². The Labute approximate surface area is 113 Å². The lowest BCUT2D eigenvalue weighted by Crippen LogP contribution is -2.27. The highest BCUT2D eigenvalue weighted by Crippen LogP contribution is 2.23. The zero-order valence-corrected chi connectivity index (χ0v) is 11.5. The number of rotatable bonds is 3. The second-order valence-electron chi connectivity index (χ2n) is 4.04. The molecule has 0 aliphatic carbocycles. The number of carbonyl (C=O) groups is 1. The van der Waals surface area contributed by atoms with Gasteiger partial charge in [0.2, 0.25) is 5.91 Å². The van der Waals surface area contributed by atoms with E-state index in [0.717, 1.165) is 23.9 Å². The molecule has 0 aromatic carbocycles. The molecule has 6 heteroatoms. The molecule has 0 radical (unpaired) electrons. The zero-order valence-electron chi connectivity index (χ0n) is 9.17. The molecule has 2 heterocycles. The molecular formula is C11H13BrClN3O. The van der Waals surface area contributed by atoms with E-state index in [2.05, 4.69) is 31.5 Å². The first-order chi connectivity index (χ1) is 8.15. The molecular weight excluding hydrogens is 305 g/mol. The number of nitrogens with one attached hydrogen (secondary N) is 2. The van der Waals surface area contributed by atoms with E-state index in [0.29, 0.717) is 17.3 Å². The summed E-state index contributed by atoms with van der Waals surface area (Å²) < 4.78 is 0.788. The van der Waals surface area contributed by atoms with Gasteiger partial charge in [0, 0.05) is 23.1 Å². The molecule has 1 fully saturated rings. The first-order valence-corrected chi connectivity index (χ1v) is 6.66. The summed E-state index contributed by atoms with van der Waals surface area (Å²) in [5, 5.41) is 6.36. The van der Waals surface area contributed by atoms with E-state index in [-0.39, 0.29) is 11.9 Å². The van der Waals surface area contributed by atoms with Crippen LogP contribution in [0.1, 0.15) is 19.3 Å². The summed E-state index contributed by atoms with van der Waals surface area (Å²) in [5.74, 6) is -0.0359. The fraction of sp³-hybridized carbons (Fsp3) is 0.455. The third-order valence-corrected chi connectivity index (χ3v) is 3.41. The van der Waals surface area contributed by atoms with Gasteiger partial charge in [-0.2, -0.15) is 0 Å². The average molecular weight is 319 g/mol. The van der Waals surface area contributed by atoms with Gasteiger partial charge in [0.25, 0.3) is 0 Å². The highest BCUT2D eigenvalue weighted by molar-refractivity contribution is 9.10. The van der Waals surface area contributed by atoms with Gasteiger partial charge in [0.1, 0.15) is 0 Å². The van der Waals surface area contributed by atoms with E-state index in [1.165, 1.54) is 0 Å². The quantitative estimate of drug-likeness (QED) is 0.842. The number of anilines is 1. The molecule has 4 nitrogen and oxygen atoms in total. The maximum absolute atomic E-state index is 11.8. The minimum absolute atomic E-state index is 0.0359. The molecule has 2 rings (SSSR count). The second kappa shape index (κ2) is 5.80. The molecule has 1 aliphatic heterocycles. The van der Waals surface area contributed by atoms with Crippen LogP contribution in [-0.4, -0.2) is 23.5 Å². The van der Waals surface area contributed by atoms with Crippen molar-refractivity contribution in [3.8, 4) is 0 Å². The average Bonchev–Trinajstić information content (AvgIpc) is 2.76. The van der Waals surface area contributed by atoms with Crippen LogP contribution < -0.4 is 10.6 Å². The van der Waals surface area contributed by atoms with Crippen molar-refractivity contribution in [1.29, 1.82) is 0 Å². The van der Waals surface area contributed by atoms with Crippen molar-refractivity contribution in [3.05, 3.63) is 21.9 Å². The lowest BCUT2D eigenvalue weighted by atomic mass is 10.1. The molecule has 1 aromatic rings. The molecule has 2 N–H and O–H groups in total. The highest BCUT2D eigenvalue weighted by atomic mass is 79.9. The van der Waals surface area contributed by atoms with Gasteiger partial charge < -0.3 is 10.6 Å². The molecule has 0 saturated carbocycles. The van der Waals surface area contributed by atoms with Crippen molar-refractivity contribution in [3.63, 3.8) is 0 Å². The van der Waals surface area contributed by atoms with E-state index < -0.39 is 0 Å². The summed E-state index contributed by atoms with van der Waals surface area (Å²) in [6, 6.07) is 2.03. The molecule has 1 saturated heterocycles. The second-order valence-corrected chi connectivity index (χ2v) is 5.31. The van der Waals surface area contributed by atoms with Crippen molar-refractivity contribution < 1.29 is 4.79 Å². The Morgan fingerprint density at radius 2 is 2.53 bits per heavy atom. The SMILES string of the molecule is O=C(CC1CCCN1)Nc1cc(Br)cnc1Cl. The molecule has 1 atom stereocenters. The van der Waals surface area contributed by atoms with Crippen molar-refractivity contribution in [2.24, 2.45) is 0 Å². The number of halogens is 2. The molecule has 1 aromatic heterocycles. The van der Waals surface area contributed by atoms with Gasteiger partial charge >= 0.3 is 0 Å². The summed E-state index contributed by atoms with van der Waals surface area (Å²) in [4.78, 5) is 15.7. The summed E-state index contributed by atoms with van der Waals surface area (Å²) >= 11 is 9.18. The largest absolute Gasteiger partial charge is 0.323 e. The van der Waals surface area contributed by atoms with Crippen molar-refractivity contribution >= 4 is 39.1 Å². The fourth-order valence-corrected chi connectivity index (χ4v) is 2.35. The summed E-state index contributed by atoms with van der Waals surface area (Å²) in [6.45, 7) is 0.997. The Balaban J connectivity index is 1.95. The van der Waals surface area contributed by atoms with Crippen LogP contribution in [0.15, 0.2) is 16.7 Å². The minimum atomic E-state index is -0.0359. The van der Waals surface area contributed by atoms with Gasteiger partial charge in [-0.1, -0.05) is 11.6 Å². The van der Waals surface area contributed by atoms with E-state index in [9.17, 15) is 4.79 Å². The third kappa shape index (κ3) is 3.66. The maximum Gasteiger partial charge on any atom is 0.226 e. The number of hydrogen-bond donors (Lipinski definition) is 2. The van der Waals surface area contributed by atoms with Crippen molar-refractivity contribution in [1.82, 2.24) is 10.3 Å². The summed E-state index contributed by atoms with van der Waals surface area (Å²) in [7, 11) is 0. The smallest absolute Gasteiger partial charge is 0.226 e. The monoisotopic (exact) mass is 317 g/mol. The number of carbonyl (C=O) groups excluding carboxylic acids is 1. The van der Waals surface area contributed by atoms with Crippen LogP contribution in [0.25, 0.3) is 0 Å². The van der Waals surface area contributed by atoms with E-state index >= 15 is 0 Å². The van der Waals surface area contributed by atoms with Crippen molar-refractivity contribution in [2.45, 2.75) is 25.3 Å². The maximum atomic E-state index is 11.8. The minimum Gasteiger partial charge on any atom is -0.323 e. The Hall–Kier alpha value is -0.650. The number of pyridine rings is 1. The van der Waals surface area contributed by atoms with Crippen LogP contribution in [0.4, 0.5) is 5.69 Å². The number of amides is 1. The lowest BCUT2D eigenvalue weighted by molar-refractivity contribution is -0.116. The normalized spacial score (nSPS) is 19.3. The van der Waals surface area contributed by atoms with E-state index in [1.54, 1.807) is 12.3 Å². The zero-order chi connectivity index (χ0) is 12.3. The van der Waals surface area contributed by atoms with Crippen LogP contribution in [0, 0.1) is 0 Å². The summed E-state index contributed by atoms with van der Waals surface area (Å²) in [5.41, 5.74) is 0.545. The van der Waals surface area contributed by atoms with Gasteiger partial charge in [-0.05, 0) is 41.4 Å². The Bertz CT molecular complexity index is 421. The predicted octanol–water partition coefficient (Wildman–Crippen LogP) is 2.58. The first kappa shape index (κ1) is 12.8. The van der Waals surface area contributed by atoms with Gasteiger partial charge in [0.05, 0.1) is 5.69 Å².